The predicted octanol–water partition coefficient (Wildman–Crippen LogP) is 1.82. The van der Waals surface area contributed by atoms with Crippen LogP contribution >= 0.6 is 11.3 Å². The van der Waals surface area contributed by atoms with Crippen LogP contribution in [0, 0.1) is 0 Å². The molecule has 2 aromatic heterocycles. The molecule has 0 aliphatic carbocycles. The molecule has 0 N–H and O–H groups in total. The Hall–Kier alpha value is -2.87. The van der Waals surface area contributed by atoms with Crippen molar-refractivity contribution in [1.82, 2.24) is 14.7 Å². The molecule has 1 aliphatic heterocycles. The third-order valence-electron chi connectivity index (χ3n) is 4.80. The molecule has 3 heterocycles. The quantitative estimate of drug-likeness (QED) is 0.686. The molecule has 0 spiro atoms. The van der Waals surface area contributed by atoms with Crippen LogP contribution < -0.4 is 15.2 Å². The molecule has 0 atom stereocenters. The molecule has 27 heavy (non-hydrogen) atoms. The lowest BCUT2D eigenvalue weighted by molar-refractivity contribution is -0.132. The van der Waals surface area contributed by atoms with E-state index in [2.05, 4.69) is 10.00 Å². The van der Waals surface area contributed by atoms with Gasteiger partial charge in [0.1, 0.15) is 17.0 Å². The van der Waals surface area contributed by atoms with Crippen LogP contribution in [-0.4, -0.2) is 53.9 Å². The highest BCUT2D eigenvalue weighted by Crippen LogP contribution is 2.28. The van der Waals surface area contributed by atoms with Crippen LogP contribution in [-0.2, 0) is 11.3 Å². The molecule has 0 radical (unpaired) electrons. The van der Waals surface area contributed by atoms with Crippen LogP contribution in [0.2, 0.25) is 0 Å². The molecular weight excluding hydrogens is 364 g/mol. The number of hydrogen-bond acceptors (Lipinski definition) is 6. The third-order valence-corrected chi connectivity index (χ3v) is 5.72. The van der Waals surface area contributed by atoms with Gasteiger partial charge < -0.3 is 14.5 Å². The van der Waals surface area contributed by atoms with Gasteiger partial charge in [-0.15, -0.1) is 11.3 Å². The average Bonchev–Trinajstić information content (AvgIpc) is 3.20. The predicted molar refractivity (Wildman–Crippen MR) is 106 cm³/mol. The van der Waals surface area contributed by atoms with E-state index < -0.39 is 0 Å². The summed E-state index contributed by atoms with van der Waals surface area (Å²) in [6.45, 7) is 2.62. The van der Waals surface area contributed by atoms with E-state index in [1.807, 2.05) is 35.7 Å². The first-order valence-electron chi connectivity index (χ1n) is 8.76. The number of fused-ring (bicyclic) bond motifs is 1. The Bertz CT molecular complexity index is 1020. The molecular formula is C19H20N4O3S. The van der Waals surface area contributed by atoms with Crippen molar-refractivity contribution in [2.24, 2.45) is 0 Å². The Labute approximate surface area is 160 Å². The molecule has 3 aromatic rings. The lowest BCUT2D eigenvalue weighted by Crippen LogP contribution is -2.50. The van der Waals surface area contributed by atoms with Gasteiger partial charge in [-0.25, -0.2) is 4.68 Å². The molecule has 1 saturated heterocycles. The first kappa shape index (κ1) is 17.5. The van der Waals surface area contributed by atoms with Crippen LogP contribution in [0.4, 0.5) is 5.69 Å². The topological polar surface area (TPSA) is 67.7 Å². The number of aromatic nitrogens is 2. The highest BCUT2D eigenvalue weighted by molar-refractivity contribution is 7.17. The second-order valence-electron chi connectivity index (χ2n) is 6.35. The number of para-hydroxylation sites is 2. The highest BCUT2D eigenvalue weighted by Gasteiger charge is 2.23. The van der Waals surface area contributed by atoms with Crippen molar-refractivity contribution in [3.63, 3.8) is 0 Å². The fourth-order valence-corrected chi connectivity index (χ4v) is 4.14. The monoisotopic (exact) mass is 384 g/mol. The summed E-state index contributed by atoms with van der Waals surface area (Å²) in [5.41, 5.74) is 0.830. The molecule has 1 amide bonds. The number of nitrogens with zero attached hydrogens (tertiary/aromatic N) is 4. The van der Waals surface area contributed by atoms with Crippen LogP contribution in [0.3, 0.4) is 0 Å². The van der Waals surface area contributed by atoms with E-state index in [4.69, 9.17) is 4.74 Å². The van der Waals surface area contributed by atoms with Gasteiger partial charge in [0.2, 0.25) is 5.91 Å². The standard InChI is InChI=1S/C19H20N4O3S/c1-26-16-5-3-2-4-15(16)21-7-9-22(10-8-21)17(24)13-23-19(25)18-14(12-20-23)6-11-27-18/h2-6,11-12H,7-10,13H2,1H3. The Morgan fingerprint density at radius 1 is 1.19 bits per heavy atom. The van der Waals surface area contributed by atoms with Gasteiger partial charge in [0.25, 0.3) is 5.56 Å². The van der Waals surface area contributed by atoms with Gasteiger partial charge in [-0.3, -0.25) is 9.59 Å². The molecule has 8 heteroatoms. The van der Waals surface area contributed by atoms with E-state index in [1.165, 1.54) is 16.0 Å². The van der Waals surface area contributed by atoms with Crippen LogP contribution in [0.1, 0.15) is 0 Å². The summed E-state index contributed by atoms with van der Waals surface area (Å²) in [4.78, 5) is 29.1. The molecule has 7 nitrogen and oxygen atoms in total. The Morgan fingerprint density at radius 2 is 1.96 bits per heavy atom. The van der Waals surface area contributed by atoms with Crippen molar-refractivity contribution in [2.75, 3.05) is 38.2 Å². The number of amides is 1. The summed E-state index contributed by atoms with van der Waals surface area (Å²) >= 11 is 1.38. The van der Waals surface area contributed by atoms with Gasteiger partial charge >= 0.3 is 0 Å². The first-order chi connectivity index (χ1) is 13.2. The van der Waals surface area contributed by atoms with E-state index in [9.17, 15) is 9.59 Å². The molecule has 1 fully saturated rings. The van der Waals surface area contributed by atoms with E-state index in [1.54, 1.807) is 18.2 Å². The summed E-state index contributed by atoms with van der Waals surface area (Å²) in [6.07, 6.45) is 1.64. The molecule has 0 unspecified atom stereocenters. The second-order valence-corrected chi connectivity index (χ2v) is 7.27. The molecule has 1 aliphatic rings. The largest absolute Gasteiger partial charge is 0.495 e. The van der Waals surface area contributed by atoms with Crippen molar-refractivity contribution >= 4 is 33.0 Å². The summed E-state index contributed by atoms with van der Waals surface area (Å²) in [6, 6.07) is 9.74. The van der Waals surface area contributed by atoms with Crippen molar-refractivity contribution < 1.29 is 9.53 Å². The van der Waals surface area contributed by atoms with Crippen LogP contribution in [0.15, 0.2) is 46.7 Å². The number of anilines is 1. The number of rotatable bonds is 4. The van der Waals surface area contributed by atoms with Crippen LogP contribution in [0.25, 0.3) is 10.1 Å². The highest BCUT2D eigenvalue weighted by atomic mass is 32.1. The zero-order valence-electron chi connectivity index (χ0n) is 15.0. The summed E-state index contributed by atoms with van der Waals surface area (Å²) in [5.74, 6) is 0.748. The van der Waals surface area contributed by atoms with Crippen molar-refractivity contribution in [2.45, 2.75) is 6.54 Å². The Morgan fingerprint density at radius 3 is 2.74 bits per heavy atom. The lowest BCUT2D eigenvalue weighted by Gasteiger charge is -2.36. The number of piperazine rings is 1. The summed E-state index contributed by atoms with van der Waals surface area (Å²) in [7, 11) is 1.66. The van der Waals surface area contributed by atoms with Gasteiger partial charge in [-0.1, -0.05) is 12.1 Å². The van der Waals surface area contributed by atoms with Gasteiger partial charge in [0.05, 0.1) is 19.0 Å². The molecule has 1 aromatic carbocycles. The molecule has 4 rings (SSSR count). The zero-order chi connectivity index (χ0) is 18.8. The minimum absolute atomic E-state index is 0.0265. The number of benzene rings is 1. The maximum absolute atomic E-state index is 12.6. The Kier molecular flexibility index (Phi) is 4.81. The smallest absolute Gasteiger partial charge is 0.285 e. The first-order valence-corrected chi connectivity index (χ1v) is 9.64. The van der Waals surface area contributed by atoms with Gasteiger partial charge in [0, 0.05) is 31.6 Å². The Balaban J connectivity index is 1.42. The van der Waals surface area contributed by atoms with Gasteiger partial charge in [-0.2, -0.15) is 5.10 Å². The minimum Gasteiger partial charge on any atom is -0.495 e. The zero-order valence-corrected chi connectivity index (χ0v) is 15.8. The van der Waals surface area contributed by atoms with Gasteiger partial charge in [-0.05, 0) is 23.6 Å². The normalized spacial score (nSPS) is 14.6. The SMILES string of the molecule is COc1ccccc1N1CCN(C(=O)Cn2ncc3ccsc3c2=O)CC1. The molecule has 0 saturated carbocycles. The number of hydrogen-bond donors (Lipinski definition) is 0. The number of ether oxygens (including phenoxy) is 1. The van der Waals surface area contributed by atoms with E-state index >= 15 is 0 Å². The lowest BCUT2D eigenvalue weighted by atomic mass is 10.2. The third kappa shape index (κ3) is 3.40. The fraction of sp³-hybridized carbons (Fsp3) is 0.316. The maximum atomic E-state index is 12.6. The second kappa shape index (κ2) is 7.40. The maximum Gasteiger partial charge on any atom is 0.285 e. The van der Waals surface area contributed by atoms with E-state index in [0.717, 1.165) is 29.9 Å². The fourth-order valence-electron chi connectivity index (χ4n) is 3.32. The minimum atomic E-state index is -0.205. The summed E-state index contributed by atoms with van der Waals surface area (Å²) in [5, 5.41) is 6.81. The average molecular weight is 384 g/mol. The number of carbonyl (C=O) groups is 1. The number of carbonyl (C=O) groups excluding carboxylic acids is 1. The number of thiophene rings is 1. The van der Waals surface area contributed by atoms with Crippen molar-refractivity contribution in [1.29, 1.82) is 0 Å². The van der Waals surface area contributed by atoms with E-state index in [-0.39, 0.29) is 18.0 Å². The molecule has 140 valence electrons. The van der Waals surface area contributed by atoms with Gasteiger partial charge in [0.15, 0.2) is 0 Å². The number of methoxy groups -OCH3 is 1. The summed E-state index contributed by atoms with van der Waals surface area (Å²) < 4.78 is 7.32. The van der Waals surface area contributed by atoms with Crippen LogP contribution in [0.5, 0.6) is 5.75 Å². The van der Waals surface area contributed by atoms with E-state index in [0.29, 0.717) is 17.8 Å². The van der Waals surface area contributed by atoms with Crippen molar-refractivity contribution in [3.05, 3.63) is 52.3 Å². The van der Waals surface area contributed by atoms with Crippen molar-refractivity contribution in [3.8, 4) is 5.75 Å². The molecule has 0 bridgehead atoms.